The molecular weight excluding hydrogens is 209 g/mol. The van der Waals surface area contributed by atoms with E-state index in [0.717, 1.165) is 12.6 Å². The van der Waals surface area contributed by atoms with Crippen molar-refractivity contribution in [2.45, 2.75) is 13.8 Å². The number of aromatic carboxylic acids is 1. The minimum absolute atomic E-state index is 0.00292. The Balaban J connectivity index is 3.07. The van der Waals surface area contributed by atoms with Crippen molar-refractivity contribution in [3.05, 3.63) is 29.6 Å². The van der Waals surface area contributed by atoms with Crippen molar-refractivity contribution in [1.29, 1.82) is 0 Å². The second-order valence-electron chi connectivity index (χ2n) is 4.24. The van der Waals surface area contributed by atoms with Crippen molar-refractivity contribution in [3.8, 4) is 0 Å². The van der Waals surface area contributed by atoms with Crippen molar-refractivity contribution in [3.63, 3.8) is 0 Å². The summed E-state index contributed by atoms with van der Waals surface area (Å²) in [4.78, 5) is 12.8. The molecule has 3 nitrogen and oxygen atoms in total. The Bertz CT molecular complexity index is 391. The summed E-state index contributed by atoms with van der Waals surface area (Å²) in [6.07, 6.45) is 0. The SMILES string of the molecule is CC(C)CN(C)c1ccc(F)cc1C(=O)O. The van der Waals surface area contributed by atoms with Crippen LogP contribution in [0.1, 0.15) is 24.2 Å². The minimum atomic E-state index is -1.11. The fraction of sp³-hybridized carbons (Fsp3) is 0.417. The number of rotatable bonds is 4. The predicted octanol–water partition coefficient (Wildman–Crippen LogP) is 2.62. The minimum Gasteiger partial charge on any atom is -0.478 e. The number of anilines is 1. The maximum absolute atomic E-state index is 13.0. The number of carboxylic acids is 1. The van der Waals surface area contributed by atoms with Gasteiger partial charge in [0, 0.05) is 13.6 Å². The third kappa shape index (κ3) is 2.95. The van der Waals surface area contributed by atoms with Crippen LogP contribution in [0.5, 0.6) is 0 Å². The number of carboxylic acid groups (broad SMARTS) is 1. The first kappa shape index (κ1) is 12.5. The standard InChI is InChI=1S/C12H16FNO2/c1-8(2)7-14(3)11-5-4-9(13)6-10(11)12(15)16/h4-6,8H,7H2,1-3H3,(H,15,16). The Labute approximate surface area is 94.5 Å². The van der Waals surface area contributed by atoms with Gasteiger partial charge in [-0.25, -0.2) is 9.18 Å². The molecule has 0 aromatic heterocycles. The van der Waals surface area contributed by atoms with E-state index >= 15 is 0 Å². The number of hydrogen-bond acceptors (Lipinski definition) is 2. The molecule has 0 aliphatic rings. The van der Waals surface area contributed by atoms with Gasteiger partial charge in [-0.15, -0.1) is 0 Å². The van der Waals surface area contributed by atoms with Crippen molar-refractivity contribution in [2.75, 3.05) is 18.5 Å². The number of nitrogens with zero attached hydrogens (tertiary/aromatic N) is 1. The predicted molar refractivity (Wildman–Crippen MR) is 61.5 cm³/mol. The molecule has 4 heteroatoms. The van der Waals surface area contributed by atoms with Crippen LogP contribution in [0.3, 0.4) is 0 Å². The molecule has 0 aliphatic heterocycles. The quantitative estimate of drug-likeness (QED) is 0.856. The highest BCUT2D eigenvalue weighted by Crippen LogP contribution is 2.21. The first-order valence-corrected chi connectivity index (χ1v) is 5.15. The number of hydrogen-bond donors (Lipinski definition) is 1. The van der Waals surface area contributed by atoms with Gasteiger partial charge in [-0.2, -0.15) is 0 Å². The maximum atomic E-state index is 13.0. The molecule has 0 saturated heterocycles. The van der Waals surface area contributed by atoms with Gasteiger partial charge < -0.3 is 10.0 Å². The van der Waals surface area contributed by atoms with E-state index in [2.05, 4.69) is 0 Å². The Morgan fingerprint density at radius 1 is 1.50 bits per heavy atom. The number of carbonyl (C=O) groups is 1. The Hall–Kier alpha value is -1.58. The van der Waals surface area contributed by atoms with E-state index in [9.17, 15) is 9.18 Å². The maximum Gasteiger partial charge on any atom is 0.337 e. The largest absolute Gasteiger partial charge is 0.478 e. The third-order valence-corrected chi connectivity index (χ3v) is 2.24. The lowest BCUT2D eigenvalue weighted by molar-refractivity contribution is 0.0697. The molecule has 0 amide bonds. The van der Waals surface area contributed by atoms with E-state index in [1.165, 1.54) is 12.1 Å². The van der Waals surface area contributed by atoms with Crippen LogP contribution in [0.25, 0.3) is 0 Å². The summed E-state index contributed by atoms with van der Waals surface area (Å²) in [5.41, 5.74) is 0.547. The lowest BCUT2D eigenvalue weighted by Gasteiger charge is -2.23. The highest BCUT2D eigenvalue weighted by atomic mass is 19.1. The van der Waals surface area contributed by atoms with Gasteiger partial charge in [0.05, 0.1) is 11.3 Å². The summed E-state index contributed by atoms with van der Waals surface area (Å²) < 4.78 is 13.0. The van der Waals surface area contributed by atoms with E-state index in [1.807, 2.05) is 18.7 Å². The Kier molecular flexibility index (Phi) is 3.88. The molecule has 0 aliphatic carbocycles. The van der Waals surface area contributed by atoms with Crippen LogP contribution in [-0.4, -0.2) is 24.7 Å². The van der Waals surface area contributed by atoms with Gasteiger partial charge in [-0.05, 0) is 24.1 Å². The second-order valence-corrected chi connectivity index (χ2v) is 4.24. The van der Waals surface area contributed by atoms with Crippen LogP contribution in [0.4, 0.5) is 10.1 Å². The first-order valence-electron chi connectivity index (χ1n) is 5.15. The summed E-state index contributed by atoms with van der Waals surface area (Å²) in [5.74, 6) is -1.22. The zero-order valence-corrected chi connectivity index (χ0v) is 9.70. The monoisotopic (exact) mass is 225 g/mol. The molecule has 16 heavy (non-hydrogen) atoms. The molecule has 1 rings (SSSR count). The topological polar surface area (TPSA) is 40.5 Å². The fourth-order valence-electron chi connectivity index (χ4n) is 1.66. The fourth-order valence-corrected chi connectivity index (χ4v) is 1.66. The van der Waals surface area contributed by atoms with E-state index in [4.69, 9.17) is 5.11 Å². The van der Waals surface area contributed by atoms with E-state index < -0.39 is 11.8 Å². The van der Waals surface area contributed by atoms with E-state index in [0.29, 0.717) is 11.6 Å². The van der Waals surface area contributed by atoms with Crippen LogP contribution >= 0.6 is 0 Å². The lowest BCUT2D eigenvalue weighted by Crippen LogP contribution is -2.24. The van der Waals surface area contributed by atoms with Crippen molar-refractivity contribution < 1.29 is 14.3 Å². The summed E-state index contributed by atoms with van der Waals surface area (Å²) in [7, 11) is 1.81. The Morgan fingerprint density at radius 3 is 2.62 bits per heavy atom. The molecule has 0 fully saturated rings. The highest BCUT2D eigenvalue weighted by Gasteiger charge is 2.14. The molecule has 1 aromatic carbocycles. The summed E-state index contributed by atoms with van der Waals surface area (Å²) >= 11 is 0. The molecule has 0 unspecified atom stereocenters. The number of halogens is 1. The van der Waals surface area contributed by atoms with E-state index in [-0.39, 0.29) is 5.56 Å². The Morgan fingerprint density at radius 2 is 2.12 bits per heavy atom. The van der Waals surface area contributed by atoms with Gasteiger partial charge >= 0.3 is 5.97 Å². The smallest absolute Gasteiger partial charge is 0.337 e. The van der Waals surface area contributed by atoms with Crippen molar-refractivity contribution >= 4 is 11.7 Å². The molecule has 0 radical (unpaired) electrons. The average Bonchev–Trinajstić information content (AvgIpc) is 2.16. The summed E-state index contributed by atoms with van der Waals surface area (Å²) in [6.45, 7) is 4.81. The third-order valence-electron chi connectivity index (χ3n) is 2.24. The van der Waals surface area contributed by atoms with Crippen LogP contribution in [0.15, 0.2) is 18.2 Å². The van der Waals surface area contributed by atoms with Gasteiger partial charge in [0.1, 0.15) is 5.82 Å². The normalized spacial score (nSPS) is 10.6. The summed E-state index contributed by atoms with van der Waals surface area (Å²) in [6, 6.07) is 3.83. The highest BCUT2D eigenvalue weighted by molar-refractivity contribution is 5.94. The van der Waals surface area contributed by atoms with Gasteiger partial charge in [-0.3, -0.25) is 0 Å². The molecule has 0 atom stereocenters. The molecule has 0 heterocycles. The molecule has 0 bridgehead atoms. The summed E-state index contributed by atoms with van der Waals surface area (Å²) in [5, 5.41) is 8.98. The van der Waals surface area contributed by atoms with Gasteiger partial charge in [0.15, 0.2) is 0 Å². The first-order chi connectivity index (χ1) is 7.41. The molecule has 0 saturated carbocycles. The van der Waals surface area contributed by atoms with Crippen LogP contribution in [0.2, 0.25) is 0 Å². The molecule has 88 valence electrons. The molecule has 0 spiro atoms. The zero-order valence-electron chi connectivity index (χ0n) is 9.70. The molecular formula is C12H16FNO2. The van der Waals surface area contributed by atoms with Crippen LogP contribution < -0.4 is 4.90 Å². The van der Waals surface area contributed by atoms with Crippen molar-refractivity contribution in [2.24, 2.45) is 5.92 Å². The van der Waals surface area contributed by atoms with Gasteiger partial charge in [0.25, 0.3) is 0 Å². The average molecular weight is 225 g/mol. The zero-order chi connectivity index (χ0) is 12.3. The molecule has 1 aromatic rings. The molecule has 1 N–H and O–H groups in total. The van der Waals surface area contributed by atoms with Gasteiger partial charge in [0.2, 0.25) is 0 Å². The van der Waals surface area contributed by atoms with Gasteiger partial charge in [-0.1, -0.05) is 13.8 Å². The number of benzene rings is 1. The van der Waals surface area contributed by atoms with Crippen LogP contribution in [-0.2, 0) is 0 Å². The second kappa shape index (κ2) is 4.96. The van der Waals surface area contributed by atoms with E-state index in [1.54, 1.807) is 7.05 Å². The van der Waals surface area contributed by atoms with Crippen molar-refractivity contribution in [1.82, 2.24) is 0 Å². The lowest BCUT2D eigenvalue weighted by atomic mass is 10.1. The van der Waals surface area contributed by atoms with Crippen LogP contribution in [0, 0.1) is 11.7 Å².